The summed E-state index contributed by atoms with van der Waals surface area (Å²) >= 11 is 0. The molecule has 0 N–H and O–H groups in total. The lowest BCUT2D eigenvalue weighted by molar-refractivity contribution is 1.23. The summed E-state index contributed by atoms with van der Waals surface area (Å²) in [6, 6.07) is 23.9. The van der Waals surface area contributed by atoms with E-state index >= 15 is 0 Å². The third kappa shape index (κ3) is 1.85. The van der Waals surface area contributed by atoms with E-state index in [9.17, 15) is 0 Å². The number of fused-ring (bicyclic) bond motifs is 4. The van der Waals surface area contributed by atoms with Crippen LogP contribution in [-0.4, -0.2) is 4.98 Å². The maximum absolute atomic E-state index is 4.78. The van der Waals surface area contributed by atoms with Crippen molar-refractivity contribution in [2.24, 2.45) is 0 Å². The zero-order valence-electron chi connectivity index (χ0n) is 13.6. The van der Waals surface area contributed by atoms with Crippen LogP contribution in [0.25, 0.3) is 33.2 Å². The average molecular weight is 307 g/mol. The number of hydrogen-bond acceptors (Lipinski definition) is 1. The van der Waals surface area contributed by atoms with Crippen LogP contribution in [0.4, 0.5) is 0 Å². The molecule has 1 aliphatic rings. The summed E-state index contributed by atoms with van der Waals surface area (Å²) in [4.78, 5) is 4.78. The SMILES string of the molecule is Cc1ccc2c(c1-c1nccc3ccccc13)Cc1ccccc1-2. The highest BCUT2D eigenvalue weighted by Gasteiger charge is 2.23. The molecule has 0 amide bonds. The molecule has 1 aliphatic carbocycles. The van der Waals surface area contributed by atoms with Crippen LogP contribution >= 0.6 is 0 Å². The van der Waals surface area contributed by atoms with Crippen LogP contribution in [0.5, 0.6) is 0 Å². The lowest BCUT2D eigenvalue weighted by Gasteiger charge is -2.14. The van der Waals surface area contributed by atoms with Crippen molar-refractivity contribution in [3.8, 4) is 22.4 Å². The molecule has 0 saturated heterocycles. The first-order valence-corrected chi connectivity index (χ1v) is 8.38. The van der Waals surface area contributed by atoms with Crippen LogP contribution in [0.1, 0.15) is 16.7 Å². The Hall–Kier alpha value is -2.93. The van der Waals surface area contributed by atoms with E-state index in [4.69, 9.17) is 4.98 Å². The molecule has 114 valence electrons. The van der Waals surface area contributed by atoms with E-state index in [2.05, 4.69) is 73.7 Å². The summed E-state index contributed by atoms with van der Waals surface area (Å²) in [6.45, 7) is 2.20. The van der Waals surface area contributed by atoms with Gasteiger partial charge in [-0.25, -0.2) is 0 Å². The fourth-order valence-corrected chi connectivity index (χ4v) is 3.98. The number of rotatable bonds is 1. The monoisotopic (exact) mass is 307 g/mol. The Morgan fingerprint density at radius 1 is 0.792 bits per heavy atom. The Labute approximate surface area is 141 Å². The molecule has 0 aliphatic heterocycles. The molecule has 0 fully saturated rings. The maximum Gasteiger partial charge on any atom is 0.0786 e. The summed E-state index contributed by atoms with van der Waals surface area (Å²) in [6.07, 6.45) is 2.92. The predicted molar refractivity (Wildman–Crippen MR) is 100 cm³/mol. The topological polar surface area (TPSA) is 12.9 Å². The fourth-order valence-electron chi connectivity index (χ4n) is 3.98. The van der Waals surface area contributed by atoms with Gasteiger partial charge in [-0.05, 0) is 52.6 Å². The van der Waals surface area contributed by atoms with Gasteiger partial charge < -0.3 is 0 Å². The Morgan fingerprint density at radius 3 is 2.58 bits per heavy atom. The van der Waals surface area contributed by atoms with Gasteiger partial charge in [-0.3, -0.25) is 4.98 Å². The molecule has 1 heterocycles. The molecule has 0 spiro atoms. The van der Waals surface area contributed by atoms with E-state index in [1.165, 1.54) is 44.2 Å². The standard InChI is InChI=1S/C23H17N/c1-15-10-11-20-18-8-4-3-7-17(18)14-21(20)22(15)23-19-9-5-2-6-16(19)12-13-24-23/h2-13H,14H2,1H3. The molecule has 0 saturated carbocycles. The van der Waals surface area contributed by atoms with E-state index in [1.807, 2.05) is 6.20 Å². The molecule has 0 unspecified atom stereocenters. The van der Waals surface area contributed by atoms with E-state index in [1.54, 1.807) is 0 Å². The normalized spacial score (nSPS) is 12.2. The molecule has 5 rings (SSSR count). The van der Waals surface area contributed by atoms with Crippen molar-refractivity contribution in [1.29, 1.82) is 0 Å². The quantitative estimate of drug-likeness (QED) is 0.382. The smallest absolute Gasteiger partial charge is 0.0786 e. The summed E-state index contributed by atoms with van der Waals surface area (Å²) in [5, 5.41) is 2.47. The van der Waals surface area contributed by atoms with E-state index < -0.39 is 0 Å². The maximum atomic E-state index is 4.78. The third-order valence-electron chi connectivity index (χ3n) is 5.11. The average Bonchev–Trinajstić information content (AvgIpc) is 3.00. The highest BCUT2D eigenvalue weighted by molar-refractivity contribution is 5.98. The Balaban J connectivity index is 1.84. The number of hydrogen-bond donors (Lipinski definition) is 0. The molecule has 4 aromatic rings. The van der Waals surface area contributed by atoms with Gasteiger partial charge in [0.05, 0.1) is 5.69 Å². The van der Waals surface area contributed by atoms with Crippen LogP contribution in [-0.2, 0) is 6.42 Å². The van der Waals surface area contributed by atoms with Crippen molar-refractivity contribution >= 4 is 10.8 Å². The number of aromatic nitrogens is 1. The molecule has 24 heavy (non-hydrogen) atoms. The first kappa shape index (κ1) is 13.5. The van der Waals surface area contributed by atoms with Crippen molar-refractivity contribution in [2.45, 2.75) is 13.3 Å². The van der Waals surface area contributed by atoms with Crippen LogP contribution < -0.4 is 0 Å². The van der Waals surface area contributed by atoms with Gasteiger partial charge in [-0.15, -0.1) is 0 Å². The second-order valence-corrected chi connectivity index (χ2v) is 6.50. The third-order valence-corrected chi connectivity index (χ3v) is 5.11. The Morgan fingerprint density at radius 2 is 1.62 bits per heavy atom. The Bertz CT molecular complexity index is 1090. The number of nitrogens with zero attached hydrogens (tertiary/aromatic N) is 1. The van der Waals surface area contributed by atoms with Gasteiger partial charge in [0, 0.05) is 17.1 Å². The molecule has 3 aromatic carbocycles. The molecule has 0 bridgehead atoms. The van der Waals surface area contributed by atoms with E-state index in [0.717, 1.165) is 12.1 Å². The molecule has 1 nitrogen and oxygen atoms in total. The Kier molecular flexibility index (Phi) is 2.83. The molecule has 0 atom stereocenters. The zero-order chi connectivity index (χ0) is 16.1. The van der Waals surface area contributed by atoms with Gasteiger partial charge in [0.2, 0.25) is 0 Å². The van der Waals surface area contributed by atoms with Gasteiger partial charge in [0.1, 0.15) is 0 Å². The molecule has 1 heteroatoms. The van der Waals surface area contributed by atoms with Crippen LogP contribution in [0.15, 0.2) is 72.9 Å². The van der Waals surface area contributed by atoms with Crippen molar-refractivity contribution in [1.82, 2.24) is 4.98 Å². The lowest BCUT2D eigenvalue weighted by Crippen LogP contribution is -1.95. The molecular weight excluding hydrogens is 290 g/mol. The van der Waals surface area contributed by atoms with E-state index in [0.29, 0.717) is 0 Å². The van der Waals surface area contributed by atoms with Crippen molar-refractivity contribution in [3.63, 3.8) is 0 Å². The minimum absolute atomic E-state index is 0.993. The number of aryl methyl sites for hydroxylation is 1. The van der Waals surface area contributed by atoms with Crippen molar-refractivity contribution < 1.29 is 0 Å². The molecular formula is C23H17N. The van der Waals surface area contributed by atoms with Gasteiger partial charge >= 0.3 is 0 Å². The first-order valence-electron chi connectivity index (χ1n) is 8.38. The van der Waals surface area contributed by atoms with E-state index in [-0.39, 0.29) is 0 Å². The van der Waals surface area contributed by atoms with Crippen LogP contribution in [0.3, 0.4) is 0 Å². The number of pyridine rings is 1. The highest BCUT2D eigenvalue weighted by Crippen LogP contribution is 2.43. The minimum Gasteiger partial charge on any atom is -0.256 e. The fraction of sp³-hybridized carbons (Fsp3) is 0.0870. The van der Waals surface area contributed by atoms with Crippen LogP contribution in [0, 0.1) is 6.92 Å². The molecule has 1 aromatic heterocycles. The summed E-state index contributed by atoms with van der Waals surface area (Å²) < 4.78 is 0. The lowest BCUT2D eigenvalue weighted by atomic mass is 9.92. The highest BCUT2D eigenvalue weighted by atomic mass is 14.7. The van der Waals surface area contributed by atoms with Gasteiger partial charge in [-0.2, -0.15) is 0 Å². The van der Waals surface area contributed by atoms with Gasteiger partial charge in [-0.1, -0.05) is 60.7 Å². The van der Waals surface area contributed by atoms with Crippen molar-refractivity contribution in [2.75, 3.05) is 0 Å². The largest absolute Gasteiger partial charge is 0.256 e. The zero-order valence-corrected chi connectivity index (χ0v) is 13.6. The second kappa shape index (κ2) is 5.04. The summed E-state index contributed by atoms with van der Waals surface area (Å²) in [5.74, 6) is 0. The predicted octanol–water partition coefficient (Wildman–Crippen LogP) is 5.78. The first-order chi connectivity index (χ1) is 11.8. The van der Waals surface area contributed by atoms with Crippen LogP contribution in [0.2, 0.25) is 0 Å². The summed E-state index contributed by atoms with van der Waals surface area (Å²) in [5.41, 5.74) is 9.27. The van der Waals surface area contributed by atoms with Crippen molar-refractivity contribution in [3.05, 3.63) is 89.6 Å². The van der Waals surface area contributed by atoms with Gasteiger partial charge in [0.15, 0.2) is 0 Å². The number of benzene rings is 3. The minimum atomic E-state index is 0.993. The molecule has 0 radical (unpaired) electrons. The second-order valence-electron chi connectivity index (χ2n) is 6.50. The van der Waals surface area contributed by atoms with Gasteiger partial charge in [0.25, 0.3) is 0 Å². The summed E-state index contributed by atoms with van der Waals surface area (Å²) in [7, 11) is 0.